The highest BCUT2D eigenvalue weighted by molar-refractivity contribution is 6.01. The van der Waals surface area contributed by atoms with Crippen molar-refractivity contribution in [2.75, 3.05) is 0 Å². The first-order chi connectivity index (χ1) is 10.9. The van der Waals surface area contributed by atoms with Gasteiger partial charge in [-0.15, -0.1) is 0 Å². The average molecular weight is 319 g/mol. The van der Waals surface area contributed by atoms with Gasteiger partial charge in [-0.2, -0.15) is 13.2 Å². The van der Waals surface area contributed by atoms with Crippen molar-refractivity contribution in [2.24, 2.45) is 0 Å². The van der Waals surface area contributed by atoms with Crippen LogP contribution >= 0.6 is 0 Å². The summed E-state index contributed by atoms with van der Waals surface area (Å²) >= 11 is 0. The molecule has 1 N–H and O–H groups in total. The summed E-state index contributed by atoms with van der Waals surface area (Å²) in [5.41, 5.74) is 2.58. The topological polar surface area (TPSA) is 33.1 Å². The van der Waals surface area contributed by atoms with Gasteiger partial charge in [0.05, 0.1) is 5.56 Å². The van der Waals surface area contributed by atoms with Gasteiger partial charge in [0.25, 0.3) is 0 Å². The quantitative estimate of drug-likeness (QED) is 0.849. The lowest BCUT2D eigenvalue weighted by atomic mass is 9.89. The Kier molecular flexibility index (Phi) is 4.11. The number of rotatable bonds is 3. The van der Waals surface area contributed by atoms with Crippen LogP contribution < -0.4 is 4.74 Å². The van der Waals surface area contributed by atoms with Crippen molar-refractivity contribution in [1.82, 2.24) is 0 Å². The molecule has 0 spiro atoms. The molecule has 0 saturated heterocycles. The lowest BCUT2D eigenvalue weighted by Crippen LogP contribution is -2.12. The summed E-state index contributed by atoms with van der Waals surface area (Å²) in [5.74, 6) is 0.715. The second kappa shape index (κ2) is 6.07. The number of halogens is 3. The molecule has 2 aromatic rings. The van der Waals surface area contributed by atoms with Crippen LogP contribution in [0, 0.1) is 5.41 Å². The van der Waals surface area contributed by atoms with Gasteiger partial charge >= 0.3 is 6.18 Å². The molecule has 0 unspecified atom stereocenters. The van der Waals surface area contributed by atoms with Gasteiger partial charge in [-0.3, -0.25) is 0 Å². The van der Waals surface area contributed by atoms with Crippen molar-refractivity contribution in [2.45, 2.75) is 32.0 Å². The Labute approximate surface area is 132 Å². The summed E-state index contributed by atoms with van der Waals surface area (Å²) in [5, 5.41) is 7.98. The first-order valence-corrected chi connectivity index (χ1v) is 7.44. The summed E-state index contributed by atoms with van der Waals surface area (Å²) in [7, 11) is 0. The van der Waals surface area contributed by atoms with Crippen molar-refractivity contribution in [3.63, 3.8) is 0 Å². The highest BCUT2D eigenvalue weighted by atomic mass is 19.4. The van der Waals surface area contributed by atoms with Gasteiger partial charge in [0.2, 0.25) is 0 Å². The largest absolute Gasteiger partial charge is 0.489 e. The number of ether oxygens (including phenoxy) is 1. The molecule has 120 valence electrons. The third-order valence-electron chi connectivity index (χ3n) is 3.99. The van der Waals surface area contributed by atoms with E-state index in [1.807, 2.05) is 18.2 Å². The minimum atomic E-state index is -4.32. The Morgan fingerprint density at radius 2 is 1.74 bits per heavy atom. The molecule has 0 amide bonds. The molecular weight excluding hydrogens is 303 g/mol. The average Bonchev–Trinajstić information content (AvgIpc) is 2.53. The van der Waals surface area contributed by atoms with E-state index in [1.54, 1.807) is 0 Å². The number of hydrogen-bond acceptors (Lipinski definition) is 2. The minimum Gasteiger partial charge on any atom is -0.489 e. The highest BCUT2D eigenvalue weighted by Gasteiger charge is 2.29. The smallest absolute Gasteiger partial charge is 0.416 e. The second-order valence-electron chi connectivity index (χ2n) is 5.60. The SMILES string of the molecule is N=C1CCCc2c(OCc3ccc(C(F)(F)F)cc3)cccc21. The number of benzene rings is 2. The zero-order chi connectivity index (χ0) is 16.4. The van der Waals surface area contributed by atoms with Crippen molar-refractivity contribution >= 4 is 5.71 Å². The van der Waals surface area contributed by atoms with Crippen LogP contribution in [-0.2, 0) is 19.2 Å². The van der Waals surface area contributed by atoms with Crippen LogP contribution in [0.15, 0.2) is 42.5 Å². The van der Waals surface area contributed by atoms with E-state index in [2.05, 4.69) is 0 Å². The molecule has 0 aliphatic heterocycles. The standard InChI is InChI=1S/C18H16F3NO/c19-18(20,21)13-9-7-12(8-10-13)11-23-17-6-2-3-14-15(17)4-1-5-16(14)22/h2-3,6-10,22H,1,4-5,11H2. The van der Waals surface area contributed by atoms with Crippen molar-refractivity contribution < 1.29 is 17.9 Å². The lowest BCUT2D eigenvalue weighted by molar-refractivity contribution is -0.137. The van der Waals surface area contributed by atoms with Crippen LogP contribution in [0.25, 0.3) is 0 Å². The van der Waals surface area contributed by atoms with E-state index in [4.69, 9.17) is 10.1 Å². The Hall–Kier alpha value is -2.30. The summed E-state index contributed by atoms with van der Waals surface area (Å²) in [6, 6.07) is 10.6. The molecule has 0 aromatic heterocycles. The molecule has 2 nitrogen and oxygen atoms in total. The normalized spacial score (nSPS) is 14.5. The molecule has 0 bridgehead atoms. The maximum atomic E-state index is 12.5. The number of hydrogen-bond donors (Lipinski definition) is 1. The fourth-order valence-electron chi connectivity index (χ4n) is 2.77. The zero-order valence-corrected chi connectivity index (χ0v) is 12.4. The van der Waals surface area contributed by atoms with Gasteiger partial charge in [-0.25, -0.2) is 0 Å². The second-order valence-corrected chi connectivity index (χ2v) is 5.60. The minimum absolute atomic E-state index is 0.210. The van der Waals surface area contributed by atoms with Crippen molar-refractivity contribution in [3.8, 4) is 5.75 Å². The van der Waals surface area contributed by atoms with Gasteiger partial charge in [0, 0.05) is 16.8 Å². The first-order valence-electron chi connectivity index (χ1n) is 7.44. The van der Waals surface area contributed by atoms with Gasteiger partial charge in [0.1, 0.15) is 12.4 Å². The summed E-state index contributed by atoms with van der Waals surface area (Å²) in [6.45, 7) is 0.210. The van der Waals surface area contributed by atoms with Crippen LogP contribution in [0.4, 0.5) is 13.2 Å². The van der Waals surface area contributed by atoms with Crippen LogP contribution in [0.2, 0.25) is 0 Å². The molecule has 5 heteroatoms. The predicted molar refractivity (Wildman–Crippen MR) is 82.0 cm³/mol. The van der Waals surface area contributed by atoms with Crippen molar-refractivity contribution in [1.29, 1.82) is 5.41 Å². The summed E-state index contributed by atoms with van der Waals surface area (Å²) in [4.78, 5) is 0. The van der Waals surface area contributed by atoms with E-state index < -0.39 is 11.7 Å². The third-order valence-corrected chi connectivity index (χ3v) is 3.99. The van der Waals surface area contributed by atoms with E-state index in [-0.39, 0.29) is 6.61 Å². The van der Waals surface area contributed by atoms with E-state index >= 15 is 0 Å². The molecule has 23 heavy (non-hydrogen) atoms. The Morgan fingerprint density at radius 1 is 1.00 bits per heavy atom. The van der Waals surface area contributed by atoms with Crippen LogP contribution in [0.1, 0.15) is 35.1 Å². The van der Waals surface area contributed by atoms with Crippen molar-refractivity contribution in [3.05, 3.63) is 64.7 Å². The number of nitrogens with one attached hydrogen (secondary N) is 1. The summed E-state index contributed by atoms with van der Waals surface area (Å²) in [6.07, 6.45) is -1.76. The van der Waals surface area contributed by atoms with Gasteiger partial charge in [-0.05, 0) is 43.0 Å². The predicted octanol–water partition coefficient (Wildman–Crippen LogP) is 4.99. The highest BCUT2D eigenvalue weighted by Crippen LogP contribution is 2.31. The molecular formula is C18H16F3NO. The Balaban J connectivity index is 1.74. The molecule has 0 atom stereocenters. The Morgan fingerprint density at radius 3 is 2.43 bits per heavy atom. The first kappa shape index (κ1) is 15.6. The maximum absolute atomic E-state index is 12.5. The van der Waals surface area contributed by atoms with Crippen LogP contribution in [0.3, 0.4) is 0 Å². The lowest BCUT2D eigenvalue weighted by Gasteiger charge is -2.20. The van der Waals surface area contributed by atoms with E-state index in [1.165, 1.54) is 12.1 Å². The van der Waals surface area contributed by atoms with Gasteiger partial charge in [0.15, 0.2) is 0 Å². The van der Waals surface area contributed by atoms with E-state index in [9.17, 15) is 13.2 Å². The Bertz CT molecular complexity index is 720. The third kappa shape index (κ3) is 3.38. The molecule has 0 saturated carbocycles. The fraction of sp³-hybridized carbons (Fsp3) is 0.278. The fourth-order valence-corrected chi connectivity index (χ4v) is 2.77. The molecule has 1 aliphatic rings. The molecule has 1 aliphatic carbocycles. The number of alkyl halides is 3. The summed E-state index contributed by atoms with van der Waals surface area (Å²) < 4.78 is 43.4. The maximum Gasteiger partial charge on any atom is 0.416 e. The van der Waals surface area contributed by atoms with Crippen LogP contribution in [-0.4, -0.2) is 5.71 Å². The molecule has 0 fully saturated rings. The molecule has 3 rings (SSSR count). The van der Waals surface area contributed by atoms with Gasteiger partial charge in [-0.1, -0.05) is 24.3 Å². The number of fused-ring (bicyclic) bond motifs is 1. The van der Waals surface area contributed by atoms with E-state index in [0.717, 1.165) is 42.5 Å². The molecule has 2 aromatic carbocycles. The molecule has 0 heterocycles. The zero-order valence-electron chi connectivity index (χ0n) is 12.4. The van der Waals surface area contributed by atoms with E-state index in [0.29, 0.717) is 17.0 Å². The monoisotopic (exact) mass is 319 g/mol. The van der Waals surface area contributed by atoms with Crippen LogP contribution in [0.5, 0.6) is 5.75 Å². The molecule has 0 radical (unpaired) electrons. The van der Waals surface area contributed by atoms with Gasteiger partial charge < -0.3 is 10.1 Å².